The molecule has 10 nitrogen and oxygen atoms in total. The molecule has 1 unspecified atom stereocenters. The number of hydrogen-bond donors (Lipinski definition) is 1. The highest BCUT2D eigenvalue weighted by molar-refractivity contribution is 7.22. The normalized spacial score (nSPS) is 15.3. The fraction of sp³-hybridized carbons (Fsp3) is 0.259. The van der Waals surface area contributed by atoms with Crippen LogP contribution in [0.4, 0.5) is 5.13 Å². The van der Waals surface area contributed by atoms with E-state index in [-0.39, 0.29) is 5.57 Å². The molecule has 2 aromatic carbocycles. The molecule has 0 spiro atoms. The number of aryl methyl sites for hydroxylation is 2. The molecule has 39 heavy (non-hydrogen) atoms. The van der Waals surface area contributed by atoms with Gasteiger partial charge in [0.15, 0.2) is 22.4 Å². The van der Waals surface area contributed by atoms with E-state index in [0.717, 1.165) is 4.70 Å². The van der Waals surface area contributed by atoms with Gasteiger partial charge in [-0.25, -0.2) is 9.97 Å². The number of hydrogen-bond acceptors (Lipinski definition) is 11. The van der Waals surface area contributed by atoms with Gasteiger partial charge in [0.2, 0.25) is 11.5 Å². The van der Waals surface area contributed by atoms with E-state index in [9.17, 15) is 14.7 Å². The van der Waals surface area contributed by atoms with Crippen molar-refractivity contribution in [3.8, 4) is 23.0 Å². The van der Waals surface area contributed by atoms with Crippen molar-refractivity contribution in [2.45, 2.75) is 19.9 Å². The van der Waals surface area contributed by atoms with E-state index >= 15 is 0 Å². The van der Waals surface area contributed by atoms with Gasteiger partial charge in [-0.05, 0) is 49.7 Å². The second-order valence-corrected chi connectivity index (χ2v) is 10.8. The van der Waals surface area contributed by atoms with E-state index in [2.05, 4.69) is 9.97 Å². The summed E-state index contributed by atoms with van der Waals surface area (Å²) < 4.78 is 22.7. The van der Waals surface area contributed by atoms with Gasteiger partial charge in [0, 0.05) is 0 Å². The van der Waals surface area contributed by atoms with Crippen LogP contribution < -0.4 is 23.8 Å². The van der Waals surface area contributed by atoms with Crippen LogP contribution in [0, 0.1) is 13.8 Å². The number of aromatic nitrogens is 2. The second-order valence-electron chi connectivity index (χ2n) is 8.61. The van der Waals surface area contributed by atoms with Crippen LogP contribution in [0.3, 0.4) is 0 Å². The number of fused-ring (bicyclic) bond motifs is 1. The zero-order valence-corrected chi connectivity index (χ0v) is 23.7. The third kappa shape index (κ3) is 4.35. The van der Waals surface area contributed by atoms with Gasteiger partial charge in [0.1, 0.15) is 5.75 Å². The van der Waals surface area contributed by atoms with Crippen LogP contribution in [-0.4, -0.2) is 55.2 Å². The van der Waals surface area contributed by atoms with E-state index in [1.54, 1.807) is 45.2 Å². The monoisotopic (exact) mass is 567 g/mol. The minimum atomic E-state index is -1.04. The van der Waals surface area contributed by atoms with Crippen molar-refractivity contribution in [1.29, 1.82) is 0 Å². The Bertz CT molecular complexity index is 1630. The molecule has 1 aliphatic rings. The van der Waals surface area contributed by atoms with Gasteiger partial charge >= 0.3 is 0 Å². The van der Waals surface area contributed by atoms with Crippen molar-refractivity contribution in [1.82, 2.24) is 9.97 Å². The highest BCUT2D eigenvalue weighted by Gasteiger charge is 2.47. The van der Waals surface area contributed by atoms with Crippen LogP contribution in [0.2, 0.25) is 0 Å². The molecule has 1 N–H and O–H groups in total. The van der Waals surface area contributed by atoms with Gasteiger partial charge in [0.25, 0.3) is 5.91 Å². The summed E-state index contributed by atoms with van der Waals surface area (Å²) in [5, 5.41) is 12.2. The van der Waals surface area contributed by atoms with Crippen LogP contribution in [0.15, 0.2) is 41.7 Å². The van der Waals surface area contributed by atoms with Crippen LogP contribution in [0.5, 0.6) is 23.0 Å². The molecule has 12 heteroatoms. The minimum Gasteiger partial charge on any atom is -0.503 e. The smallest absolute Gasteiger partial charge is 0.296 e. The topological polar surface area (TPSA) is 120 Å². The molecule has 1 amide bonds. The number of ketones is 1. The van der Waals surface area contributed by atoms with Gasteiger partial charge in [-0.3, -0.25) is 14.5 Å². The predicted molar refractivity (Wildman–Crippen MR) is 148 cm³/mol. The number of carbonyl (C=O) groups is 2. The molecular weight excluding hydrogens is 542 g/mol. The Labute approximate surface area is 232 Å². The molecule has 1 aliphatic heterocycles. The zero-order valence-electron chi connectivity index (χ0n) is 22.0. The molecule has 0 saturated carbocycles. The van der Waals surface area contributed by atoms with Gasteiger partial charge < -0.3 is 24.1 Å². The third-order valence-electron chi connectivity index (χ3n) is 6.36. The summed E-state index contributed by atoms with van der Waals surface area (Å²) in [6.07, 6.45) is 0. The molecule has 4 aromatic rings. The maximum Gasteiger partial charge on any atom is 0.296 e. The fourth-order valence-electron chi connectivity index (χ4n) is 4.60. The highest BCUT2D eigenvalue weighted by atomic mass is 32.1. The lowest BCUT2D eigenvalue weighted by Gasteiger charge is -2.25. The van der Waals surface area contributed by atoms with E-state index in [1.165, 1.54) is 48.9 Å². The summed E-state index contributed by atoms with van der Waals surface area (Å²) >= 11 is 2.44. The largest absolute Gasteiger partial charge is 0.503 e. The highest BCUT2D eigenvalue weighted by Crippen LogP contribution is 2.48. The summed E-state index contributed by atoms with van der Waals surface area (Å²) in [5.74, 6) is -0.246. The van der Waals surface area contributed by atoms with Crippen LogP contribution in [0.1, 0.15) is 32.0 Å². The molecule has 0 fully saturated rings. The SMILES string of the molecule is COc1ccc2nc(N3C(=O)C(O)=C(C(=O)c4sc(C)nc4C)C3c3cc(OC)c(OC)c(OC)c3)sc2c1. The van der Waals surface area contributed by atoms with E-state index < -0.39 is 23.5 Å². The molecule has 5 rings (SSSR count). The Morgan fingerprint density at radius 3 is 2.21 bits per heavy atom. The van der Waals surface area contributed by atoms with Gasteiger partial charge in [0.05, 0.1) is 65.8 Å². The first-order chi connectivity index (χ1) is 18.7. The molecule has 2 aromatic heterocycles. The number of rotatable bonds is 8. The zero-order chi connectivity index (χ0) is 28.0. The van der Waals surface area contributed by atoms with Crippen molar-refractivity contribution in [3.05, 3.63) is 62.8 Å². The Hall–Kier alpha value is -4.16. The lowest BCUT2D eigenvalue weighted by molar-refractivity contribution is -0.117. The van der Waals surface area contributed by atoms with Crippen molar-refractivity contribution in [2.24, 2.45) is 0 Å². The average molecular weight is 568 g/mol. The molecule has 0 bridgehead atoms. The number of nitrogens with zero attached hydrogens (tertiary/aromatic N) is 3. The number of Topliss-reactive ketones (excluding diaryl/α,β-unsaturated/α-hetero) is 1. The van der Waals surface area contributed by atoms with E-state index in [1.807, 2.05) is 6.07 Å². The molecule has 202 valence electrons. The maximum absolute atomic E-state index is 13.9. The number of benzene rings is 2. The number of aliphatic hydroxyl groups is 1. The molecule has 0 saturated heterocycles. The Balaban J connectivity index is 1.74. The molecule has 1 atom stereocenters. The number of aliphatic hydroxyl groups excluding tert-OH is 1. The van der Waals surface area contributed by atoms with Crippen molar-refractivity contribution in [3.63, 3.8) is 0 Å². The quantitative estimate of drug-likeness (QED) is 0.287. The molecule has 3 heterocycles. The van der Waals surface area contributed by atoms with Gasteiger partial charge in [-0.1, -0.05) is 11.3 Å². The molecular formula is C27H25N3O7S2. The Morgan fingerprint density at radius 1 is 0.949 bits per heavy atom. The van der Waals surface area contributed by atoms with Crippen LogP contribution in [-0.2, 0) is 4.79 Å². The van der Waals surface area contributed by atoms with Crippen LogP contribution in [0.25, 0.3) is 10.2 Å². The van der Waals surface area contributed by atoms with Crippen molar-refractivity contribution < 1.29 is 33.6 Å². The predicted octanol–water partition coefficient (Wildman–Crippen LogP) is 5.19. The second kappa shape index (κ2) is 10.2. The Morgan fingerprint density at radius 2 is 1.64 bits per heavy atom. The van der Waals surface area contributed by atoms with Crippen molar-refractivity contribution in [2.75, 3.05) is 33.3 Å². The van der Waals surface area contributed by atoms with Crippen molar-refractivity contribution >= 4 is 49.7 Å². The first-order valence-electron chi connectivity index (χ1n) is 11.7. The number of anilines is 1. The fourth-order valence-corrected chi connectivity index (χ4v) is 6.49. The number of methoxy groups -OCH3 is 4. The maximum atomic E-state index is 13.9. The first kappa shape index (κ1) is 26.4. The summed E-state index contributed by atoms with van der Waals surface area (Å²) in [7, 11) is 6.00. The van der Waals surface area contributed by atoms with E-state index in [4.69, 9.17) is 18.9 Å². The summed E-state index contributed by atoms with van der Waals surface area (Å²) in [5.41, 5.74) is 1.53. The minimum absolute atomic E-state index is 0.0853. The standard InChI is InChI=1S/C27H25N3O7S2/c1-12-25(38-13(2)28-12)22(31)20-21(14-9-17(35-4)24(37-6)18(10-14)36-5)30(26(33)23(20)32)27-29-16-8-7-15(34-3)11-19(16)39-27/h7-11,21,32H,1-6H3. The summed E-state index contributed by atoms with van der Waals surface area (Å²) in [6, 6.07) is 7.63. The first-order valence-corrected chi connectivity index (χ1v) is 13.4. The molecule has 0 aliphatic carbocycles. The lowest BCUT2D eigenvalue weighted by Crippen LogP contribution is -2.31. The Kier molecular flexibility index (Phi) is 6.91. The van der Waals surface area contributed by atoms with E-state index in [0.29, 0.717) is 54.8 Å². The number of amides is 1. The number of carbonyl (C=O) groups excluding carboxylic acids is 2. The summed E-state index contributed by atoms with van der Waals surface area (Å²) in [6.45, 7) is 3.51. The average Bonchev–Trinajstić information content (AvgIpc) is 3.59. The van der Waals surface area contributed by atoms with Crippen LogP contribution >= 0.6 is 22.7 Å². The summed E-state index contributed by atoms with van der Waals surface area (Å²) in [4.78, 5) is 38.3. The number of thiazole rings is 2. The molecule has 0 radical (unpaired) electrons. The number of ether oxygens (including phenoxy) is 4. The van der Waals surface area contributed by atoms with Gasteiger partial charge in [-0.15, -0.1) is 11.3 Å². The van der Waals surface area contributed by atoms with Gasteiger partial charge in [-0.2, -0.15) is 0 Å². The lowest BCUT2D eigenvalue weighted by atomic mass is 9.94. The third-order valence-corrected chi connectivity index (χ3v) is 8.44.